The summed E-state index contributed by atoms with van der Waals surface area (Å²) in [5.74, 6) is -0.610. The number of esters is 1. The van der Waals surface area contributed by atoms with E-state index >= 15 is 0 Å². The fourth-order valence-corrected chi connectivity index (χ4v) is 4.02. The second kappa shape index (κ2) is 7.18. The maximum absolute atomic E-state index is 12.8. The van der Waals surface area contributed by atoms with Crippen LogP contribution in [0.25, 0.3) is 0 Å². The lowest BCUT2D eigenvalue weighted by Gasteiger charge is -2.23. The van der Waals surface area contributed by atoms with Crippen molar-refractivity contribution in [3.05, 3.63) is 63.2 Å². The van der Waals surface area contributed by atoms with Gasteiger partial charge in [0.2, 0.25) is 0 Å². The Bertz CT molecular complexity index is 900. The molecule has 3 rings (SSSR count). The predicted octanol–water partition coefficient (Wildman–Crippen LogP) is 4.36. The summed E-state index contributed by atoms with van der Waals surface area (Å²) < 4.78 is 5.45. The summed E-state index contributed by atoms with van der Waals surface area (Å²) in [5.41, 5.74) is 7.89. The second-order valence-corrected chi connectivity index (χ2v) is 7.52. The van der Waals surface area contributed by atoms with Crippen LogP contribution in [-0.4, -0.2) is 24.5 Å². The maximum atomic E-state index is 12.8. The summed E-state index contributed by atoms with van der Waals surface area (Å²) in [6, 6.07) is 7.96. The molecule has 4 nitrogen and oxygen atoms in total. The molecule has 1 heterocycles. The fourth-order valence-electron chi connectivity index (χ4n) is 4.02. The molecule has 1 aliphatic rings. The van der Waals surface area contributed by atoms with Crippen molar-refractivity contribution >= 4 is 17.6 Å². The van der Waals surface area contributed by atoms with Crippen LogP contribution in [-0.2, 0) is 16.0 Å². The van der Waals surface area contributed by atoms with Gasteiger partial charge < -0.3 is 9.64 Å². The summed E-state index contributed by atoms with van der Waals surface area (Å²) >= 11 is 0. The highest BCUT2D eigenvalue weighted by Gasteiger charge is 2.31. The fraction of sp³-hybridized carbons (Fsp3) is 0.391. The zero-order chi connectivity index (χ0) is 19.9. The standard InChI is InChI=1S/C23H27NO3/c1-13-11-19-9-7-8-10-20(19)24(13)21(25)12-27-23(26)22-17(5)15(3)14(2)16(4)18(22)6/h7-10,13H,11-12H2,1-6H3/t13-/m1/s1. The van der Waals surface area contributed by atoms with Gasteiger partial charge in [0, 0.05) is 11.7 Å². The smallest absolute Gasteiger partial charge is 0.339 e. The molecule has 0 saturated heterocycles. The molecule has 2 aromatic carbocycles. The first kappa shape index (κ1) is 19.2. The number of ether oxygens (including phenoxy) is 1. The number of hydrogen-bond donors (Lipinski definition) is 0. The molecule has 0 N–H and O–H groups in total. The highest BCUT2D eigenvalue weighted by molar-refractivity contribution is 6.00. The Hall–Kier alpha value is -2.62. The van der Waals surface area contributed by atoms with E-state index in [0.717, 1.165) is 39.9 Å². The number of para-hydroxylation sites is 1. The molecule has 142 valence electrons. The molecule has 0 unspecified atom stereocenters. The lowest BCUT2D eigenvalue weighted by atomic mass is 9.90. The Morgan fingerprint density at radius 2 is 1.52 bits per heavy atom. The Morgan fingerprint density at radius 3 is 2.15 bits per heavy atom. The molecule has 0 radical (unpaired) electrons. The van der Waals surface area contributed by atoms with Gasteiger partial charge in [0.25, 0.3) is 5.91 Å². The van der Waals surface area contributed by atoms with Gasteiger partial charge >= 0.3 is 5.97 Å². The first-order valence-corrected chi connectivity index (χ1v) is 9.38. The average molecular weight is 365 g/mol. The van der Waals surface area contributed by atoms with E-state index < -0.39 is 5.97 Å². The van der Waals surface area contributed by atoms with Crippen LogP contribution in [0.2, 0.25) is 0 Å². The van der Waals surface area contributed by atoms with Crippen LogP contribution < -0.4 is 4.90 Å². The number of carbonyl (C=O) groups excluding carboxylic acids is 2. The molecule has 4 heteroatoms. The van der Waals surface area contributed by atoms with E-state index in [-0.39, 0.29) is 18.6 Å². The number of hydrogen-bond acceptors (Lipinski definition) is 3. The lowest BCUT2D eigenvalue weighted by molar-refractivity contribution is -0.122. The van der Waals surface area contributed by atoms with Gasteiger partial charge in [-0.3, -0.25) is 4.79 Å². The third-order valence-electron chi connectivity index (χ3n) is 6.01. The van der Waals surface area contributed by atoms with Crippen LogP contribution in [0.5, 0.6) is 0 Å². The molecule has 1 atom stereocenters. The number of anilines is 1. The molecule has 1 amide bonds. The summed E-state index contributed by atoms with van der Waals surface area (Å²) in [6.07, 6.45) is 0.824. The topological polar surface area (TPSA) is 46.6 Å². The number of amides is 1. The molecule has 0 spiro atoms. The monoisotopic (exact) mass is 365 g/mol. The molecule has 2 aromatic rings. The number of fused-ring (bicyclic) bond motifs is 1. The molecule has 0 saturated carbocycles. The van der Waals surface area contributed by atoms with Gasteiger partial charge in [0.05, 0.1) is 5.56 Å². The Morgan fingerprint density at radius 1 is 0.963 bits per heavy atom. The minimum Gasteiger partial charge on any atom is -0.452 e. The third-order valence-corrected chi connectivity index (χ3v) is 6.01. The third kappa shape index (κ3) is 3.25. The van der Waals surface area contributed by atoms with E-state index in [1.807, 2.05) is 58.9 Å². The van der Waals surface area contributed by atoms with Gasteiger partial charge in [0.15, 0.2) is 6.61 Å². The van der Waals surface area contributed by atoms with Gasteiger partial charge in [-0.05, 0) is 87.4 Å². The zero-order valence-electron chi connectivity index (χ0n) is 17.0. The molecular formula is C23H27NO3. The summed E-state index contributed by atoms with van der Waals surface area (Å²) in [7, 11) is 0. The Labute approximate surface area is 161 Å². The molecule has 27 heavy (non-hydrogen) atoms. The van der Waals surface area contributed by atoms with E-state index in [1.54, 1.807) is 4.90 Å². The van der Waals surface area contributed by atoms with E-state index in [4.69, 9.17) is 4.74 Å². The van der Waals surface area contributed by atoms with Crippen LogP contribution in [0.1, 0.15) is 50.7 Å². The first-order chi connectivity index (χ1) is 12.7. The molecule has 0 bridgehead atoms. The van der Waals surface area contributed by atoms with E-state index in [9.17, 15) is 9.59 Å². The van der Waals surface area contributed by atoms with Gasteiger partial charge in [-0.2, -0.15) is 0 Å². The highest BCUT2D eigenvalue weighted by Crippen LogP contribution is 2.32. The van der Waals surface area contributed by atoms with Crippen molar-refractivity contribution in [2.75, 3.05) is 11.5 Å². The van der Waals surface area contributed by atoms with Crippen molar-refractivity contribution in [3.63, 3.8) is 0 Å². The van der Waals surface area contributed by atoms with E-state index in [2.05, 4.69) is 6.92 Å². The summed E-state index contributed by atoms with van der Waals surface area (Å²) in [5, 5.41) is 0. The Kier molecular flexibility index (Phi) is 5.09. The average Bonchev–Trinajstić information content (AvgIpc) is 2.98. The molecule has 0 aromatic heterocycles. The van der Waals surface area contributed by atoms with Crippen molar-refractivity contribution in [1.82, 2.24) is 0 Å². The first-order valence-electron chi connectivity index (χ1n) is 9.38. The van der Waals surface area contributed by atoms with Crippen molar-refractivity contribution in [2.45, 2.75) is 54.0 Å². The van der Waals surface area contributed by atoms with Gasteiger partial charge in [-0.1, -0.05) is 18.2 Å². The zero-order valence-corrected chi connectivity index (χ0v) is 17.0. The number of benzene rings is 2. The van der Waals surface area contributed by atoms with Crippen molar-refractivity contribution in [2.24, 2.45) is 0 Å². The minimum absolute atomic E-state index is 0.0703. The minimum atomic E-state index is -0.426. The Balaban J connectivity index is 1.78. The van der Waals surface area contributed by atoms with Gasteiger partial charge in [-0.25, -0.2) is 4.79 Å². The highest BCUT2D eigenvalue weighted by atomic mass is 16.5. The quantitative estimate of drug-likeness (QED) is 0.759. The van der Waals surface area contributed by atoms with Crippen LogP contribution in [0.15, 0.2) is 24.3 Å². The van der Waals surface area contributed by atoms with Crippen molar-refractivity contribution < 1.29 is 14.3 Å². The number of nitrogens with zero attached hydrogens (tertiary/aromatic N) is 1. The maximum Gasteiger partial charge on any atom is 0.339 e. The van der Waals surface area contributed by atoms with Crippen LogP contribution in [0.3, 0.4) is 0 Å². The molecule has 0 aliphatic carbocycles. The van der Waals surface area contributed by atoms with Crippen LogP contribution in [0.4, 0.5) is 5.69 Å². The van der Waals surface area contributed by atoms with Gasteiger partial charge in [0.1, 0.15) is 0 Å². The number of carbonyl (C=O) groups is 2. The molecular weight excluding hydrogens is 338 g/mol. The van der Waals surface area contributed by atoms with Crippen molar-refractivity contribution in [1.29, 1.82) is 0 Å². The van der Waals surface area contributed by atoms with Crippen molar-refractivity contribution in [3.8, 4) is 0 Å². The SMILES string of the molecule is Cc1c(C)c(C)c(C(=O)OCC(=O)N2c3ccccc3C[C@H]2C)c(C)c1C. The normalized spacial score (nSPS) is 15.6. The van der Waals surface area contributed by atoms with Gasteiger partial charge in [-0.15, -0.1) is 0 Å². The van der Waals surface area contributed by atoms with E-state index in [1.165, 1.54) is 5.56 Å². The second-order valence-electron chi connectivity index (χ2n) is 7.52. The van der Waals surface area contributed by atoms with E-state index in [0.29, 0.717) is 5.56 Å². The molecule has 0 fully saturated rings. The summed E-state index contributed by atoms with van der Waals surface area (Å²) in [4.78, 5) is 27.3. The lowest BCUT2D eigenvalue weighted by Crippen LogP contribution is -2.38. The largest absolute Gasteiger partial charge is 0.452 e. The van der Waals surface area contributed by atoms with Crippen LogP contribution in [0, 0.1) is 34.6 Å². The predicted molar refractivity (Wildman–Crippen MR) is 108 cm³/mol. The molecule has 1 aliphatic heterocycles. The summed E-state index contributed by atoms with van der Waals surface area (Å²) in [6.45, 7) is 11.7. The number of rotatable bonds is 3. The van der Waals surface area contributed by atoms with Crippen LogP contribution >= 0.6 is 0 Å².